The van der Waals surface area contributed by atoms with Crippen molar-refractivity contribution in [2.24, 2.45) is 5.92 Å². The Hall–Kier alpha value is -0.190. The summed E-state index contributed by atoms with van der Waals surface area (Å²) >= 11 is 3.76. The molecule has 0 radical (unpaired) electrons. The van der Waals surface area contributed by atoms with E-state index in [1.807, 2.05) is 0 Å². The van der Waals surface area contributed by atoms with Gasteiger partial charge < -0.3 is 9.84 Å². The second-order valence-corrected chi connectivity index (χ2v) is 6.91. The summed E-state index contributed by atoms with van der Waals surface area (Å²) in [5.41, 5.74) is 0. The molecule has 0 spiro atoms. The number of hydrogen-bond donors (Lipinski definition) is 3. The summed E-state index contributed by atoms with van der Waals surface area (Å²) in [5.74, 6) is 0.384. The van der Waals surface area contributed by atoms with Gasteiger partial charge in [-0.05, 0) is 25.7 Å². The van der Waals surface area contributed by atoms with E-state index in [2.05, 4.69) is 32.6 Å². The lowest BCUT2D eigenvalue weighted by molar-refractivity contribution is 0.0406. The molecule has 0 aromatic rings. The fourth-order valence-electron chi connectivity index (χ4n) is 3.50. The Morgan fingerprint density at radius 2 is 2.21 bits per heavy atom. The highest BCUT2D eigenvalue weighted by atomic mass is 79.9. The third-order valence-corrected chi connectivity index (χ3v) is 5.74. The van der Waals surface area contributed by atoms with E-state index in [9.17, 15) is 5.11 Å². The largest absolute Gasteiger partial charge is 0.393 e. The van der Waals surface area contributed by atoms with Gasteiger partial charge in [-0.25, -0.2) is 0 Å². The molecule has 7 atom stereocenters. The smallest absolute Gasteiger partial charge is 0.144 e. The maximum absolute atomic E-state index is 9.58. The molecule has 5 unspecified atom stereocenters. The number of aliphatic hydroxyl groups excluding tert-OH is 1. The molecule has 1 aliphatic carbocycles. The minimum Gasteiger partial charge on any atom is -0.393 e. The second kappa shape index (κ2) is 5.66. The zero-order valence-electron chi connectivity index (χ0n) is 10.8. The van der Waals surface area contributed by atoms with Crippen molar-refractivity contribution in [3.8, 4) is 6.07 Å². The van der Waals surface area contributed by atoms with Gasteiger partial charge in [0.05, 0.1) is 24.4 Å². The molecular formula is C13H20BrN3O2. The monoisotopic (exact) mass is 329 g/mol. The Kier molecular flexibility index (Phi) is 4.11. The highest BCUT2D eigenvalue weighted by Gasteiger charge is 2.45. The van der Waals surface area contributed by atoms with Crippen LogP contribution in [0.2, 0.25) is 0 Å². The minimum absolute atomic E-state index is 0.140. The average Bonchev–Trinajstić information content (AvgIpc) is 2.99. The van der Waals surface area contributed by atoms with Gasteiger partial charge in [0.25, 0.3) is 0 Å². The van der Waals surface area contributed by atoms with E-state index in [-0.39, 0.29) is 29.3 Å². The molecule has 3 fully saturated rings. The Labute approximate surface area is 121 Å². The summed E-state index contributed by atoms with van der Waals surface area (Å²) in [6.45, 7) is 0.790. The molecular weight excluding hydrogens is 310 g/mol. The van der Waals surface area contributed by atoms with Crippen molar-refractivity contribution >= 4 is 15.9 Å². The number of rotatable bonds is 2. The lowest BCUT2D eigenvalue weighted by atomic mass is 9.90. The predicted molar refractivity (Wildman–Crippen MR) is 73.7 cm³/mol. The second-order valence-electron chi connectivity index (χ2n) is 5.85. The van der Waals surface area contributed by atoms with Crippen LogP contribution in [0.5, 0.6) is 0 Å². The molecule has 0 aromatic carbocycles. The first-order valence-electron chi connectivity index (χ1n) is 7.04. The molecule has 0 aromatic heterocycles. The average molecular weight is 330 g/mol. The molecule has 106 valence electrons. The van der Waals surface area contributed by atoms with Crippen LogP contribution >= 0.6 is 15.9 Å². The maximum atomic E-state index is 9.58. The lowest BCUT2D eigenvalue weighted by Crippen LogP contribution is -2.60. The Morgan fingerprint density at radius 3 is 2.89 bits per heavy atom. The van der Waals surface area contributed by atoms with E-state index in [0.717, 1.165) is 32.2 Å². The predicted octanol–water partition coefficient (Wildman–Crippen LogP) is 0.479. The third-order valence-electron chi connectivity index (χ3n) is 4.53. The number of fused-ring (bicyclic) bond motifs is 1. The quantitative estimate of drug-likeness (QED) is 0.642. The Bertz CT molecular complexity index is 375. The van der Waals surface area contributed by atoms with Gasteiger partial charge in [0.1, 0.15) is 6.10 Å². The van der Waals surface area contributed by atoms with Gasteiger partial charge >= 0.3 is 0 Å². The Balaban J connectivity index is 1.58. The first kappa shape index (κ1) is 13.8. The fraction of sp³-hybridized carbons (Fsp3) is 0.923. The van der Waals surface area contributed by atoms with Crippen LogP contribution < -0.4 is 10.6 Å². The highest BCUT2D eigenvalue weighted by molar-refractivity contribution is 9.09. The van der Waals surface area contributed by atoms with Gasteiger partial charge in [-0.3, -0.25) is 10.6 Å². The van der Waals surface area contributed by atoms with Gasteiger partial charge in [0, 0.05) is 23.3 Å². The number of aliphatic hydroxyl groups is 1. The zero-order valence-corrected chi connectivity index (χ0v) is 12.3. The number of nitrogens with one attached hydrogen (secondary N) is 2. The number of hydrogen-bond acceptors (Lipinski definition) is 5. The SMILES string of the molecule is N#CC1CC2C(CNC(N[C@@H]3CC[C@H](O)C3)C2Br)O1. The van der Waals surface area contributed by atoms with Crippen molar-refractivity contribution in [3.63, 3.8) is 0 Å². The van der Waals surface area contributed by atoms with Crippen molar-refractivity contribution in [2.45, 2.75) is 61.0 Å². The minimum atomic E-state index is -0.260. The van der Waals surface area contributed by atoms with Gasteiger partial charge in [-0.2, -0.15) is 5.26 Å². The molecule has 19 heavy (non-hydrogen) atoms. The molecule has 1 saturated carbocycles. The van der Waals surface area contributed by atoms with Crippen LogP contribution in [0, 0.1) is 17.2 Å². The van der Waals surface area contributed by atoms with Crippen LogP contribution in [0.4, 0.5) is 0 Å². The third kappa shape index (κ3) is 2.81. The van der Waals surface area contributed by atoms with Crippen LogP contribution in [-0.2, 0) is 4.74 Å². The van der Waals surface area contributed by atoms with Crippen molar-refractivity contribution < 1.29 is 9.84 Å². The molecule has 3 rings (SSSR count). The normalized spacial score (nSPS) is 49.8. The van der Waals surface area contributed by atoms with Crippen LogP contribution in [-0.4, -0.2) is 47.0 Å². The van der Waals surface area contributed by atoms with Gasteiger partial charge in [0.15, 0.2) is 0 Å². The summed E-state index contributed by atoms with van der Waals surface area (Å²) in [4.78, 5) is 0.266. The summed E-state index contributed by atoms with van der Waals surface area (Å²) in [5, 5.41) is 25.6. The Morgan fingerprint density at radius 1 is 1.37 bits per heavy atom. The van der Waals surface area contributed by atoms with E-state index < -0.39 is 0 Å². The maximum Gasteiger partial charge on any atom is 0.144 e. The van der Waals surface area contributed by atoms with E-state index in [1.165, 1.54) is 0 Å². The molecule has 6 heteroatoms. The summed E-state index contributed by atoms with van der Waals surface area (Å²) in [7, 11) is 0. The fourth-order valence-corrected chi connectivity index (χ4v) is 4.40. The van der Waals surface area contributed by atoms with Crippen LogP contribution in [0.25, 0.3) is 0 Å². The van der Waals surface area contributed by atoms with Crippen molar-refractivity contribution in [1.29, 1.82) is 5.26 Å². The summed E-state index contributed by atoms with van der Waals surface area (Å²) in [6, 6.07) is 2.60. The van der Waals surface area contributed by atoms with E-state index in [0.29, 0.717) is 12.0 Å². The number of piperidine rings is 1. The van der Waals surface area contributed by atoms with Crippen molar-refractivity contribution in [1.82, 2.24) is 10.6 Å². The van der Waals surface area contributed by atoms with Crippen LogP contribution in [0.1, 0.15) is 25.7 Å². The van der Waals surface area contributed by atoms with Gasteiger partial charge in [0.2, 0.25) is 0 Å². The molecule has 2 heterocycles. The van der Waals surface area contributed by atoms with Crippen LogP contribution in [0.15, 0.2) is 0 Å². The number of alkyl halides is 1. The number of nitriles is 1. The standard InChI is InChI=1S/C13H20BrN3O2/c14-12-10-4-9(5-15)19-11(10)6-16-13(12)17-7-1-2-8(18)3-7/h7-13,16-18H,1-4,6H2/t7-,8+,9?,10?,11?,12?,13?/m1/s1. The zero-order chi connectivity index (χ0) is 13.4. The number of ether oxygens (including phenoxy) is 1. The topological polar surface area (TPSA) is 77.3 Å². The molecule has 5 nitrogen and oxygen atoms in total. The first-order chi connectivity index (χ1) is 9.17. The van der Waals surface area contributed by atoms with E-state index in [1.54, 1.807) is 0 Å². The number of halogens is 1. The first-order valence-corrected chi connectivity index (χ1v) is 7.95. The highest BCUT2D eigenvalue weighted by Crippen LogP contribution is 2.36. The van der Waals surface area contributed by atoms with Gasteiger partial charge in [-0.1, -0.05) is 15.9 Å². The summed E-state index contributed by atoms with van der Waals surface area (Å²) in [6.07, 6.45) is 3.49. The molecule has 2 aliphatic heterocycles. The van der Waals surface area contributed by atoms with Gasteiger partial charge in [-0.15, -0.1) is 0 Å². The number of nitrogens with zero attached hydrogens (tertiary/aromatic N) is 1. The van der Waals surface area contributed by atoms with Crippen molar-refractivity contribution in [2.75, 3.05) is 6.54 Å². The molecule has 3 N–H and O–H groups in total. The molecule has 0 bridgehead atoms. The van der Waals surface area contributed by atoms with E-state index in [4.69, 9.17) is 10.00 Å². The summed E-state index contributed by atoms with van der Waals surface area (Å²) < 4.78 is 5.70. The molecule has 3 aliphatic rings. The molecule has 2 saturated heterocycles. The van der Waals surface area contributed by atoms with E-state index >= 15 is 0 Å². The van der Waals surface area contributed by atoms with Crippen molar-refractivity contribution in [3.05, 3.63) is 0 Å². The molecule has 0 amide bonds. The van der Waals surface area contributed by atoms with Crippen LogP contribution in [0.3, 0.4) is 0 Å². The lowest BCUT2D eigenvalue weighted by Gasteiger charge is -2.38.